The third-order valence-electron chi connectivity index (χ3n) is 5.02. The Labute approximate surface area is 176 Å². The molecule has 0 saturated carbocycles. The second kappa shape index (κ2) is 9.90. The van der Waals surface area contributed by atoms with Gasteiger partial charge in [0.2, 0.25) is 5.09 Å². The molecule has 1 aromatic heterocycles. The van der Waals surface area contributed by atoms with Crippen LogP contribution in [0.2, 0.25) is 0 Å². The number of carbonyl (C=O) groups excluding carboxylic acids is 2. The lowest BCUT2D eigenvalue weighted by Crippen LogP contribution is -2.35. The largest absolute Gasteiger partial charge is 0.469 e. The van der Waals surface area contributed by atoms with Crippen molar-refractivity contribution in [3.8, 4) is 0 Å². The van der Waals surface area contributed by atoms with E-state index in [9.17, 15) is 18.0 Å². The van der Waals surface area contributed by atoms with Gasteiger partial charge in [-0.25, -0.2) is 8.42 Å². The van der Waals surface area contributed by atoms with E-state index in [2.05, 4.69) is 4.74 Å². The zero-order valence-corrected chi connectivity index (χ0v) is 17.8. The van der Waals surface area contributed by atoms with Crippen LogP contribution in [-0.4, -0.2) is 56.2 Å². The van der Waals surface area contributed by atoms with E-state index in [0.717, 1.165) is 24.8 Å². The number of sulfonamides is 1. The summed E-state index contributed by atoms with van der Waals surface area (Å²) in [5.74, 6) is -0.997. The van der Waals surface area contributed by atoms with Crippen LogP contribution < -0.4 is 0 Å². The number of hydrogen-bond acceptors (Lipinski definition) is 6. The summed E-state index contributed by atoms with van der Waals surface area (Å²) in [7, 11) is -2.48. The van der Waals surface area contributed by atoms with Crippen molar-refractivity contribution in [3.63, 3.8) is 0 Å². The Morgan fingerprint density at radius 3 is 2.43 bits per heavy atom. The minimum atomic E-state index is -3.77. The van der Waals surface area contributed by atoms with Gasteiger partial charge >= 0.3 is 5.97 Å². The first-order valence-electron chi connectivity index (χ1n) is 9.92. The lowest BCUT2D eigenvalue weighted by molar-refractivity contribution is -0.140. The molecule has 1 fully saturated rings. The van der Waals surface area contributed by atoms with Crippen molar-refractivity contribution in [3.05, 3.63) is 53.8 Å². The van der Waals surface area contributed by atoms with Crippen molar-refractivity contribution in [2.45, 2.75) is 37.3 Å². The number of hydrogen-bond donors (Lipinski definition) is 0. The highest BCUT2D eigenvalue weighted by atomic mass is 32.2. The van der Waals surface area contributed by atoms with E-state index >= 15 is 0 Å². The molecule has 2 aromatic rings. The summed E-state index contributed by atoms with van der Waals surface area (Å²) in [6, 6.07) is 12.0. The average Bonchev–Trinajstić information content (AvgIpc) is 3.28. The predicted molar refractivity (Wildman–Crippen MR) is 109 cm³/mol. The Hall–Kier alpha value is -2.65. The lowest BCUT2D eigenvalue weighted by atomic mass is 10.2. The van der Waals surface area contributed by atoms with Crippen LogP contribution in [0, 0.1) is 0 Å². The fourth-order valence-corrected chi connectivity index (χ4v) is 4.78. The SMILES string of the molecule is COC(=O)CCN(Cc1ccccc1)C(=O)c1ccc(S(=O)(=O)N2CCCCC2)o1. The predicted octanol–water partition coefficient (Wildman–Crippen LogP) is 2.66. The molecule has 3 rings (SSSR count). The monoisotopic (exact) mass is 434 g/mol. The Morgan fingerprint density at radius 1 is 1.07 bits per heavy atom. The minimum absolute atomic E-state index is 0.0225. The fourth-order valence-electron chi connectivity index (χ4n) is 3.35. The number of nitrogens with zero attached hydrogens (tertiary/aromatic N) is 2. The normalized spacial score (nSPS) is 15.0. The number of methoxy groups -OCH3 is 1. The van der Waals surface area contributed by atoms with Crippen LogP contribution in [0.4, 0.5) is 0 Å². The van der Waals surface area contributed by atoms with Crippen LogP contribution in [-0.2, 0) is 26.1 Å². The molecule has 8 nitrogen and oxygen atoms in total. The highest BCUT2D eigenvalue weighted by Crippen LogP contribution is 2.23. The maximum atomic E-state index is 13.0. The molecule has 0 N–H and O–H groups in total. The Morgan fingerprint density at radius 2 is 1.77 bits per heavy atom. The molecule has 0 spiro atoms. The smallest absolute Gasteiger partial charge is 0.307 e. The molecule has 1 aromatic carbocycles. The van der Waals surface area contributed by atoms with Gasteiger partial charge in [-0.2, -0.15) is 4.31 Å². The number of ether oxygens (including phenoxy) is 1. The minimum Gasteiger partial charge on any atom is -0.469 e. The van der Waals surface area contributed by atoms with Crippen molar-refractivity contribution in [1.82, 2.24) is 9.21 Å². The first kappa shape index (κ1) is 22.0. The lowest BCUT2D eigenvalue weighted by Gasteiger charge is -2.24. The molecule has 0 atom stereocenters. The summed E-state index contributed by atoms with van der Waals surface area (Å²) < 4.78 is 37.1. The quantitative estimate of drug-likeness (QED) is 0.593. The van der Waals surface area contributed by atoms with Crippen LogP contribution in [0.15, 0.2) is 52.0 Å². The maximum Gasteiger partial charge on any atom is 0.307 e. The van der Waals surface area contributed by atoms with E-state index in [1.807, 2.05) is 30.3 Å². The summed E-state index contributed by atoms with van der Waals surface area (Å²) >= 11 is 0. The maximum absolute atomic E-state index is 13.0. The second-order valence-corrected chi connectivity index (χ2v) is 8.99. The number of amides is 1. The standard InChI is InChI=1S/C21H26N2O6S/c1-28-19(24)12-15-22(16-17-8-4-2-5-9-17)21(25)18-10-11-20(29-18)30(26,27)23-13-6-3-7-14-23/h2,4-5,8-11H,3,6-7,12-16H2,1H3. The van der Waals surface area contributed by atoms with Crippen molar-refractivity contribution >= 4 is 21.9 Å². The topological polar surface area (TPSA) is 97.1 Å². The molecule has 2 heterocycles. The summed E-state index contributed by atoms with van der Waals surface area (Å²) in [5, 5.41) is -0.236. The molecule has 0 radical (unpaired) electrons. The Bertz CT molecular complexity index is 964. The van der Waals surface area contributed by atoms with E-state index in [1.165, 1.54) is 28.4 Å². The Balaban J connectivity index is 1.79. The van der Waals surface area contributed by atoms with Crippen LogP contribution in [0.3, 0.4) is 0 Å². The molecule has 0 aliphatic carbocycles. The van der Waals surface area contributed by atoms with Crippen LogP contribution >= 0.6 is 0 Å². The molecular formula is C21H26N2O6S. The summed E-state index contributed by atoms with van der Waals surface area (Å²) in [6.07, 6.45) is 2.64. The van der Waals surface area contributed by atoms with Crippen LogP contribution in [0.1, 0.15) is 41.8 Å². The van der Waals surface area contributed by atoms with Gasteiger partial charge in [-0.3, -0.25) is 9.59 Å². The summed E-state index contributed by atoms with van der Waals surface area (Å²) in [6.45, 7) is 1.28. The molecule has 1 aliphatic heterocycles. The van der Waals surface area contributed by atoms with Gasteiger partial charge in [-0.1, -0.05) is 36.8 Å². The number of furan rings is 1. The second-order valence-electron chi connectivity index (χ2n) is 7.12. The fraction of sp³-hybridized carbons (Fsp3) is 0.429. The van der Waals surface area contributed by atoms with Crippen molar-refractivity contribution < 1.29 is 27.2 Å². The van der Waals surface area contributed by atoms with Gasteiger partial charge in [0.25, 0.3) is 15.9 Å². The highest BCUT2D eigenvalue weighted by Gasteiger charge is 2.30. The zero-order chi connectivity index (χ0) is 21.6. The van der Waals surface area contributed by atoms with E-state index in [1.54, 1.807) is 0 Å². The first-order chi connectivity index (χ1) is 14.4. The molecule has 9 heteroatoms. The van der Waals surface area contributed by atoms with Gasteiger partial charge in [0, 0.05) is 26.2 Å². The molecule has 0 bridgehead atoms. The average molecular weight is 435 g/mol. The van der Waals surface area contributed by atoms with E-state index in [-0.39, 0.29) is 30.4 Å². The molecule has 30 heavy (non-hydrogen) atoms. The zero-order valence-electron chi connectivity index (χ0n) is 17.0. The van der Waals surface area contributed by atoms with Crippen molar-refractivity contribution in [1.29, 1.82) is 0 Å². The van der Waals surface area contributed by atoms with Gasteiger partial charge in [-0.15, -0.1) is 0 Å². The molecule has 1 amide bonds. The van der Waals surface area contributed by atoms with Gasteiger partial charge in [0.15, 0.2) is 5.76 Å². The van der Waals surface area contributed by atoms with Gasteiger partial charge in [0.05, 0.1) is 13.5 Å². The van der Waals surface area contributed by atoms with Gasteiger partial charge < -0.3 is 14.1 Å². The third kappa shape index (κ3) is 5.28. The summed E-state index contributed by atoms with van der Waals surface area (Å²) in [4.78, 5) is 26.1. The van der Waals surface area contributed by atoms with Crippen LogP contribution in [0.25, 0.3) is 0 Å². The van der Waals surface area contributed by atoms with Gasteiger partial charge in [-0.05, 0) is 30.5 Å². The first-order valence-corrected chi connectivity index (χ1v) is 11.4. The number of rotatable bonds is 8. The number of carbonyl (C=O) groups is 2. The van der Waals surface area contributed by atoms with Crippen molar-refractivity contribution in [2.75, 3.05) is 26.7 Å². The van der Waals surface area contributed by atoms with E-state index in [4.69, 9.17) is 4.42 Å². The molecule has 1 saturated heterocycles. The third-order valence-corrected chi connectivity index (χ3v) is 6.79. The van der Waals surface area contributed by atoms with Crippen LogP contribution in [0.5, 0.6) is 0 Å². The molecule has 1 aliphatic rings. The molecule has 0 unspecified atom stereocenters. The van der Waals surface area contributed by atoms with Crippen molar-refractivity contribution in [2.24, 2.45) is 0 Å². The van der Waals surface area contributed by atoms with E-state index < -0.39 is 21.9 Å². The number of benzene rings is 1. The Kier molecular flexibility index (Phi) is 7.28. The summed E-state index contributed by atoms with van der Waals surface area (Å²) in [5.41, 5.74) is 0.878. The number of esters is 1. The van der Waals surface area contributed by atoms with Gasteiger partial charge in [0.1, 0.15) is 0 Å². The van der Waals surface area contributed by atoms with E-state index in [0.29, 0.717) is 13.1 Å². The molecular weight excluding hydrogens is 408 g/mol. The number of piperidine rings is 1. The molecule has 162 valence electrons. The highest BCUT2D eigenvalue weighted by molar-refractivity contribution is 7.89.